The van der Waals surface area contributed by atoms with Gasteiger partial charge in [-0.2, -0.15) is 0 Å². The Morgan fingerprint density at radius 2 is 2.04 bits per heavy atom. The molecule has 5 nitrogen and oxygen atoms in total. The molecule has 0 saturated carbocycles. The number of hydrogen-bond acceptors (Lipinski definition) is 4. The maximum atomic E-state index is 11.9. The second-order valence-electron chi connectivity index (χ2n) is 6.43. The molecule has 0 atom stereocenters. The number of nitrogens with zero attached hydrogens (tertiary/aromatic N) is 1. The molecule has 0 unspecified atom stereocenters. The fourth-order valence-corrected chi connectivity index (χ4v) is 2.76. The number of amides is 1. The molecule has 1 aromatic carbocycles. The number of hydrogen-bond donors (Lipinski definition) is 2. The second-order valence-corrected chi connectivity index (χ2v) is 6.43. The highest BCUT2D eigenvalue weighted by Crippen LogP contribution is 2.15. The number of benzene rings is 1. The summed E-state index contributed by atoms with van der Waals surface area (Å²) >= 11 is 0. The average molecular weight is 378 g/mol. The highest BCUT2D eigenvalue weighted by Gasteiger charge is 2.26. The number of halogens is 2. The smallest absolute Gasteiger partial charge is 0.220 e. The number of carbonyl (C=O) groups excluding carboxylic acids is 1. The van der Waals surface area contributed by atoms with E-state index in [-0.39, 0.29) is 36.3 Å². The molecule has 0 aromatic heterocycles. The normalized spacial score (nSPS) is 16.6. The lowest BCUT2D eigenvalue weighted by molar-refractivity contribution is -0.121. The van der Waals surface area contributed by atoms with Crippen molar-refractivity contribution in [2.24, 2.45) is 0 Å². The lowest BCUT2D eigenvalue weighted by atomic mass is 10.1. The average Bonchev–Trinajstić information content (AvgIpc) is 2.45. The number of para-hydroxylation sites is 1. The molecule has 1 heterocycles. The van der Waals surface area contributed by atoms with Crippen molar-refractivity contribution < 1.29 is 9.53 Å². The van der Waals surface area contributed by atoms with E-state index in [9.17, 15) is 4.79 Å². The standard InChI is InChI=1S/C17H27N3O2.2ClH/c1-17(2)13-20(11-12-22-17)10-9-19-16(21)8-7-14-5-3-4-6-15(14)18;;/h3-6H,7-13,18H2,1-2H3,(H,19,21);2*1H. The highest BCUT2D eigenvalue weighted by atomic mass is 35.5. The van der Waals surface area contributed by atoms with Crippen molar-refractivity contribution in [2.75, 3.05) is 38.5 Å². The summed E-state index contributed by atoms with van der Waals surface area (Å²) in [5.74, 6) is 0.0794. The van der Waals surface area contributed by atoms with Gasteiger partial charge in [0.2, 0.25) is 5.91 Å². The van der Waals surface area contributed by atoms with E-state index in [1.54, 1.807) is 0 Å². The lowest BCUT2D eigenvalue weighted by Gasteiger charge is -2.38. The number of morpholine rings is 1. The zero-order valence-corrected chi connectivity index (χ0v) is 16.0. The Kier molecular flexibility index (Phi) is 10.3. The van der Waals surface area contributed by atoms with Gasteiger partial charge in [0, 0.05) is 38.3 Å². The van der Waals surface area contributed by atoms with Gasteiger partial charge in [-0.25, -0.2) is 0 Å². The van der Waals surface area contributed by atoms with E-state index in [1.165, 1.54) is 0 Å². The lowest BCUT2D eigenvalue weighted by Crippen LogP contribution is -2.50. The van der Waals surface area contributed by atoms with Crippen LogP contribution < -0.4 is 11.1 Å². The Morgan fingerprint density at radius 1 is 1.33 bits per heavy atom. The molecule has 24 heavy (non-hydrogen) atoms. The molecule has 0 bridgehead atoms. The van der Waals surface area contributed by atoms with E-state index in [4.69, 9.17) is 10.5 Å². The number of nitrogens with two attached hydrogens (primary N) is 1. The predicted molar refractivity (Wildman–Crippen MR) is 103 cm³/mol. The number of anilines is 1. The molecule has 1 aromatic rings. The van der Waals surface area contributed by atoms with Crippen LogP contribution in [0.4, 0.5) is 5.69 Å². The van der Waals surface area contributed by atoms with Crippen molar-refractivity contribution in [1.29, 1.82) is 0 Å². The molecule has 1 fully saturated rings. The van der Waals surface area contributed by atoms with Crippen LogP contribution in [0, 0.1) is 0 Å². The van der Waals surface area contributed by atoms with Crippen molar-refractivity contribution in [3.8, 4) is 0 Å². The van der Waals surface area contributed by atoms with Crippen LogP contribution in [0.15, 0.2) is 24.3 Å². The molecule has 3 N–H and O–H groups in total. The van der Waals surface area contributed by atoms with E-state index in [0.717, 1.165) is 37.5 Å². The summed E-state index contributed by atoms with van der Waals surface area (Å²) in [6, 6.07) is 7.69. The second kappa shape index (κ2) is 10.8. The largest absolute Gasteiger partial charge is 0.399 e. The molecule has 2 rings (SSSR count). The van der Waals surface area contributed by atoms with E-state index in [2.05, 4.69) is 24.1 Å². The molecule has 1 saturated heterocycles. The quantitative estimate of drug-likeness (QED) is 0.746. The van der Waals surface area contributed by atoms with Crippen LogP contribution in [-0.2, 0) is 16.0 Å². The van der Waals surface area contributed by atoms with Gasteiger partial charge in [0.25, 0.3) is 0 Å². The third kappa shape index (κ3) is 7.71. The molecule has 1 aliphatic heterocycles. The maximum Gasteiger partial charge on any atom is 0.220 e. The zero-order valence-electron chi connectivity index (χ0n) is 14.4. The molecule has 0 aliphatic carbocycles. The van der Waals surface area contributed by atoms with Crippen molar-refractivity contribution in [3.05, 3.63) is 29.8 Å². The summed E-state index contributed by atoms with van der Waals surface area (Å²) < 4.78 is 5.68. The Morgan fingerprint density at radius 3 is 2.71 bits per heavy atom. The molecular formula is C17H29Cl2N3O2. The number of nitrogen functional groups attached to an aromatic ring is 1. The number of ether oxygens (including phenoxy) is 1. The van der Waals surface area contributed by atoms with Gasteiger partial charge in [0.05, 0.1) is 12.2 Å². The third-order valence-electron chi connectivity index (χ3n) is 3.93. The van der Waals surface area contributed by atoms with Gasteiger partial charge < -0.3 is 15.8 Å². The van der Waals surface area contributed by atoms with Gasteiger partial charge in [-0.15, -0.1) is 24.8 Å². The first-order valence-electron chi connectivity index (χ1n) is 7.93. The molecule has 0 radical (unpaired) electrons. The molecule has 1 aliphatic rings. The minimum atomic E-state index is -0.0902. The van der Waals surface area contributed by atoms with Crippen LogP contribution in [0.1, 0.15) is 25.8 Å². The summed E-state index contributed by atoms with van der Waals surface area (Å²) in [5, 5.41) is 2.98. The van der Waals surface area contributed by atoms with Crippen LogP contribution in [0.3, 0.4) is 0 Å². The van der Waals surface area contributed by atoms with Crippen LogP contribution in [-0.4, -0.2) is 49.2 Å². The van der Waals surface area contributed by atoms with E-state index in [0.29, 0.717) is 19.4 Å². The van der Waals surface area contributed by atoms with E-state index < -0.39 is 0 Å². The van der Waals surface area contributed by atoms with E-state index >= 15 is 0 Å². The van der Waals surface area contributed by atoms with Crippen LogP contribution >= 0.6 is 24.8 Å². The number of carbonyl (C=O) groups is 1. The zero-order chi connectivity index (χ0) is 16.0. The summed E-state index contributed by atoms with van der Waals surface area (Å²) in [5.41, 5.74) is 7.58. The summed E-state index contributed by atoms with van der Waals surface area (Å²) in [6.07, 6.45) is 1.16. The molecule has 7 heteroatoms. The minimum Gasteiger partial charge on any atom is -0.399 e. The van der Waals surface area contributed by atoms with Crippen molar-refractivity contribution >= 4 is 36.4 Å². The van der Waals surface area contributed by atoms with Gasteiger partial charge in [-0.05, 0) is 31.9 Å². The fourth-order valence-electron chi connectivity index (χ4n) is 2.76. The number of nitrogens with one attached hydrogen (secondary N) is 1. The number of aryl methyl sites for hydroxylation is 1. The SMILES string of the molecule is CC1(C)CN(CCNC(=O)CCc2ccccc2N)CCO1.Cl.Cl. The Bertz CT molecular complexity index is 512. The highest BCUT2D eigenvalue weighted by molar-refractivity contribution is 5.85. The Labute approximate surface area is 157 Å². The minimum absolute atomic E-state index is 0. The molecular weight excluding hydrogens is 349 g/mol. The molecule has 0 spiro atoms. The predicted octanol–water partition coefficient (Wildman–Crippen LogP) is 2.27. The fraction of sp³-hybridized carbons (Fsp3) is 0.588. The first-order chi connectivity index (χ1) is 10.5. The molecule has 1 amide bonds. The topological polar surface area (TPSA) is 67.6 Å². The van der Waals surface area contributed by atoms with Gasteiger partial charge in [-0.1, -0.05) is 18.2 Å². The van der Waals surface area contributed by atoms with Gasteiger partial charge in [0.1, 0.15) is 0 Å². The van der Waals surface area contributed by atoms with Crippen molar-refractivity contribution in [3.63, 3.8) is 0 Å². The first-order valence-corrected chi connectivity index (χ1v) is 7.93. The Balaban J connectivity index is 0.00000264. The van der Waals surface area contributed by atoms with Gasteiger partial charge >= 0.3 is 0 Å². The monoisotopic (exact) mass is 377 g/mol. The van der Waals surface area contributed by atoms with Gasteiger partial charge in [-0.3, -0.25) is 9.69 Å². The molecule has 138 valence electrons. The Hall–Kier alpha value is -1.01. The summed E-state index contributed by atoms with van der Waals surface area (Å²) in [7, 11) is 0. The van der Waals surface area contributed by atoms with Crippen LogP contribution in [0.2, 0.25) is 0 Å². The van der Waals surface area contributed by atoms with Crippen LogP contribution in [0.25, 0.3) is 0 Å². The van der Waals surface area contributed by atoms with E-state index in [1.807, 2.05) is 24.3 Å². The third-order valence-corrected chi connectivity index (χ3v) is 3.93. The van der Waals surface area contributed by atoms with Gasteiger partial charge in [0.15, 0.2) is 0 Å². The summed E-state index contributed by atoms with van der Waals surface area (Å²) in [6.45, 7) is 8.34. The first kappa shape index (κ1) is 23.0. The maximum absolute atomic E-state index is 11.9. The van der Waals surface area contributed by atoms with Crippen LogP contribution in [0.5, 0.6) is 0 Å². The van der Waals surface area contributed by atoms with Crippen molar-refractivity contribution in [1.82, 2.24) is 10.2 Å². The number of rotatable bonds is 6. The van der Waals surface area contributed by atoms with Crippen molar-refractivity contribution in [2.45, 2.75) is 32.3 Å². The summed E-state index contributed by atoms with van der Waals surface area (Å²) in [4.78, 5) is 14.2.